The van der Waals surface area contributed by atoms with E-state index in [0.717, 1.165) is 17.8 Å². The third-order valence-corrected chi connectivity index (χ3v) is 6.74. The quantitative estimate of drug-likeness (QED) is 0.322. The monoisotopic (exact) mass is 490 g/mol. The van der Waals surface area contributed by atoms with Gasteiger partial charge in [0.2, 0.25) is 15.7 Å². The van der Waals surface area contributed by atoms with E-state index in [2.05, 4.69) is 37.1 Å². The summed E-state index contributed by atoms with van der Waals surface area (Å²) in [6.07, 6.45) is 7.63. The van der Waals surface area contributed by atoms with Gasteiger partial charge in [0, 0.05) is 30.3 Å². The highest BCUT2D eigenvalue weighted by atomic mass is 32.2. The van der Waals surface area contributed by atoms with Crippen LogP contribution in [0.5, 0.6) is 0 Å². The van der Waals surface area contributed by atoms with Crippen molar-refractivity contribution in [3.8, 4) is 0 Å². The Hall–Kier alpha value is -4.38. The van der Waals surface area contributed by atoms with E-state index in [1.54, 1.807) is 18.5 Å². The van der Waals surface area contributed by atoms with Gasteiger partial charge in [-0.1, -0.05) is 18.7 Å². The summed E-state index contributed by atoms with van der Waals surface area (Å²) in [5.41, 5.74) is 1.84. The molecule has 0 aliphatic carbocycles. The minimum Gasteiger partial charge on any atom is -0.349 e. The molecule has 3 aromatic heterocycles. The van der Waals surface area contributed by atoms with E-state index < -0.39 is 21.7 Å². The van der Waals surface area contributed by atoms with E-state index in [9.17, 15) is 18.0 Å². The Morgan fingerprint density at radius 3 is 2.77 bits per heavy atom. The molecule has 2 amide bonds. The summed E-state index contributed by atoms with van der Waals surface area (Å²) in [7, 11) is -4.08. The number of carbonyl (C=O) groups excluding carboxylic acids is 2. The van der Waals surface area contributed by atoms with Crippen molar-refractivity contribution < 1.29 is 18.0 Å². The second-order valence-corrected chi connectivity index (χ2v) is 9.67. The smallest absolute Gasteiger partial charge is 0.255 e. The molecule has 3 N–H and O–H groups in total. The molecule has 0 aliphatic heterocycles. The second-order valence-electron chi connectivity index (χ2n) is 7.77. The van der Waals surface area contributed by atoms with Crippen molar-refractivity contribution in [3.63, 3.8) is 0 Å². The predicted molar refractivity (Wildman–Crippen MR) is 129 cm³/mol. The lowest BCUT2D eigenvalue weighted by molar-refractivity contribution is -0.111. The van der Waals surface area contributed by atoms with Gasteiger partial charge in [0.1, 0.15) is 5.52 Å². The van der Waals surface area contributed by atoms with Crippen LogP contribution in [0.3, 0.4) is 0 Å². The summed E-state index contributed by atoms with van der Waals surface area (Å²) < 4.78 is 26.4. The zero-order chi connectivity index (χ0) is 25.0. The average Bonchev–Trinajstić information content (AvgIpc) is 3.28. The molecule has 0 fully saturated rings. The van der Waals surface area contributed by atoms with Gasteiger partial charge in [-0.05, 0) is 49.2 Å². The van der Waals surface area contributed by atoms with E-state index in [1.807, 2.05) is 19.1 Å². The maximum absolute atomic E-state index is 13.2. The van der Waals surface area contributed by atoms with Gasteiger partial charge in [-0.15, -0.1) is 0 Å². The van der Waals surface area contributed by atoms with Crippen molar-refractivity contribution in [3.05, 3.63) is 85.0 Å². The predicted octanol–water partition coefficient (Wildman–Crippen LogP) is 2.67. The lowest BCUT2D eigenvalue weighted by Crippen LogP contribution is -2.34. The lowest BCUT2D eigenvalue weighted by atomic mass is 10.1. The summed E-state index contributed by atoms with van der Waals surface area (Å²) in [5, 5.41) is 5.09. The SMILES string of the molecule is C=CC(=O)Nc1cccc(S(=O)(=O)c2cnc3[nH]cc(C(=O)NC(C)Cc4cccnc4)c3n2)c1. The van der Waals surface area contributed by atoms with Crippen molar-refractivity contribution >= 4 is 38.5 Å². The molecule has 1 atom stereocenters. The number of H-pyrrole nitrogens is 1. The summed E-state index contributed by atoms with van der Waals surface area (Å²) in [6, 6.07) is 9.28. The van der Waals surface area contributed by atoms with E-state index in [-0.39, 0.29) is 38.4 Å². The molecular weight excluding hydrogens is 468 g/mol. The Kier molecular flexibility index (Phi) is 6.69. The van der Waals surface area contributed by atoms with E-state index in [0.29, 0.717) is 6.42 Å². The van der Waals surface area contributed by atoms with Crippen molar-refractivity contribution in [2.45, 2.75) is 29.3 Å². The summed E-state index contributed by atoms with van der Waals surface area (Å²) >= 11 is 0. The Balaban J connectivity index is 1.60. The third-order valence-electron chi connectivity index (χ3n) is 5.12. The summed E-state index contributed by atoms with van der Waals surface area (Å²) in [5.74, 6) is -0.882. The average molecular weight is 491 g/mol. The van der Waals surface area contributed by atoms with Crippen LogP contribution < -0.4 is 10.6 Å². The highest BCUT2D eigenvalue weighted by Crippen LogP contribution is 2.24. The maximum atomic E-state index is 13.2. The fraction of sp³-hybridized carbons (Fsp3) is 0.125. The van der Waals surface area contributed by atoms with Crippen LogP contribution in [0.15, 0.2) is 83.8 Å². The van der Waals surface area contributed by atoms with Gasteiger partial charge in [0.15, 0.2) is 10.7 Å². The number of aromatic nitrogens is 4. The second kappa shape index (κ2) is 9.85. The largest absolute Gasteiger partial charge is 0.349 e. The van der Waals surface area contributed by atoms with Crippen LogP contribution in [-0.2, 0) is 21.1 Å². The highest BCUT2D eigenvalue weighted by molar-refractivity contribution is 7.91. The number of rotatable bonds is 8. The van der Waals surface area contributed by atoms with Gasteiger partial charge < -0.3 is 15.6 Å². The first kappa shape index (κ1) is 23.8. The normalized spacial score (nSPS) is 12.1. The number of nitrogens with zero attached hydrogens (tertiary/aromatic N) is 3. The number of sulfone groups is 1. The van der Waals surface area contributed by atoms with Crippen molar-refractivity contribution in [2.24, 2.45) is 0 Å². The highest BCUT2D eigenvalue weighted by Gasteiger charge is 2.24. The fourth-order valence-corrected chi connectivity index (χ4v) is 4.64. The van der Waals surface area contributed by atoms with Crippen LogP contribution in [0.4, 0.5) is 5.69 Å². The minimum atomic E-state index is -4.08. The molecule has 0 bridgehead atoms. The van der Waals surface area contributed by atoms with E-state index >= 15 is 0 Å². The molecule has 11 heteroatoms. The number of pyridine rings is 1. The van der Waals surface area contributed by atoms with E-state index in [4.69, 9.17) is 0 Å². The first-order valence-electron chi connectivity index (χ1n) is 10.6. The van der Waals surface area contributed by atoms with Gasteiger partial charge in [0.25, 0.3) is 5.91 Å². The van der Waals surface area contributed by atoms with Gasteiger partial charge >= 0.3 is 0 Å². The van der Waals surface area contributed by atoms with E-state index in [1.165, 1.54) is 24.4 Å². The summed E-state index contributed by atoms with van der Waals surface area (Å²) in [6.45, 7) is 5.23. The molecule has 0 radical (unpaired) electrons. The molecule has 178 valence electrons. The number of fused-ring (bicyclic) bond motifs is 1. The Morgan fingerprint density at radius 2 is 2.03 bits per heavy atom. The van der Waals surface area contributed by atoms with Crippen LogP contribution in [0, 0.1) is 0 Å². The first-order valence-corrected chi connectivity index (χ1v) is 12.1. The molecule has 35 heavy (non-hydrogen) atoms. The van der Waals surface area contributed by atoms with Crippen molar-refractivity contribution in [1.82, 2.24) is 25.3 Å². The standard InChI is InChI=1S/C24H22N6O4S/c1-3-20(31)29-17-7-4-8-18(11-17)35(33,34)21-14-27-23-22(30-21)19(13-26-23)24(32)28-15(2)10-16-6-5-9-25-12-16/h3-9,11-15H,1,10H2,2H3,(H,26,27)(H,28,32)(H,29,31). The van der Waals surface area contributed by atoms with Crippen LogP contribution in [0.25, 0.3) is 11.2 Å². The number of benzene rings is 1. The number of amides is 2. The maximum Gasteiger partial charge on any atom is 0.255 e. The van der Waals surface area contributed by atoms with Crippen LogP contribution >= 0.6 is 0 Å². The molecule has 4 rings (SSSR count). The Labute approximate surface area is 201 Å². The summed E-state index contributed by atoms with van der Waals surface area (Å²) in [4.78, 5) is 39.7. The van der Waals surface area contributed by atoms with Crippen molar-refractivity contribution in [2.75, 3.05) is 5.32 Å². The topological polar surface area (TPSA) is 147 Å². The fourth-order valence-electron chi connectivity index (χ4n) is 3.46. The lowest BCUT2D eigenvalue weighted by Gasteiger charge is -2.13. The number of nitrogens with one attached hydrogen (secondary N) is 3. The minimum absolute atomic E-state index is 0.0837. The molecular formula is C24H22N6O4S. The Morgan fingerprint density at radius 1 is 1.20 bits per heavy atom. The van der Waals surface area contributed by atoms with Crippen LogP contribution in [-0.4, -0.2) is 46.2 Å². The van der Waals surface area contributed by atoms with Gasteiger partial charge in [0.05, 0.1) is 16.7 Å². The molecule has 1 unspecified atom stereocenters. The number of anilines is 1. The Bertz CT molecular complexity index is 1520. The zero-order valence-electron chi connectivity index (χ0n) is 18.7. The number of hydrogen-bond acceptors (Lipinski definition) is 7. The number of carbonyl (C=O) groups is 2. The molecule has 0 aliphatic rings. The zero-order valence-corrected chi connectivity index (χ0v) is 19.5. The first-order chi connectivity index (χ1) is 16.8. The molecule has 0 saturated carbocycles. The van der Waals surface area contributed by atoms with Crippen LogP contribution in [0.1, 0.15) is 22.8 Å². The molecule has 0 spiro atoms. The number of hydrogen-bond donors (Lipinski definition) is 3. The van der Waals surface area contributed by atoms with Gasteiger partial charge in [-0.25, -0.2) is 18.4 Å². The number of aromatic amines is 1. The molecule has 1 aromatic carbocycles. The molecule has 3 heterocycles. The molecule has 4 aromatic rings. The third kappa shape index (κ3) is 5.25. The van der Waals surface area contributed by atoms with Gasteiger partial charge in [-0.2, -0.15) is 0 Å². The molecule has 10 nitrogen and oxygen atoms in total. The van der Waals surface area contributed by atoms with Crippen LogP contribution in [0.2, 0.25) is 0 Å². The van der Waals surface area contributed by atoms with Crippen molar-refractivity contribution in [1.29, 1.82) is 0 Å². The molecule has 0 saturated heterocycles. The van der Waals surface area contributed by atoms with Gasteiger partial charge in [-0.3, -0.25) is 14.6 Å².